The molecule has 2 aromatic carbocycles. The number of amides is 1. The number of fused-ring (bicyclic) bond motifs is 2. The molecule has 27 heavy (non-hydrogen) atoms. The summed E-state index contributed by atoms with van der Waals surface area (Å²) >= 11 is 0. The van der Waals surface area contributed by atoms with E-state index in [0.717, 1.165) is 41.5 Å². The third-order valence-electron chi connectivity index (χ3n) is 5.43. The van der Waals surface area contributed by atoms with Gasteiger partial charge < -0.3 is 10.6 Å². The zero-order valence-electron chi connectivity index (χ0n) is 14.9. The molecule has 2 heterocycles. The van der Waals surface area contributed by atoms with Crippen LogP contribution in [0.3, 0.4) is 0 Å². The number of benzene rings is 2. The summed E-state index contributed by atoms with van der Waals surface area (Å²) in [6.07, 6.45) is 2.86. The van der Waals surface area contributed by atoms with Crippen molar-refractivity contribution in [2.75, 3.05) is 11.9 Å². The minimum atomic E-state index is -0.317. The molecule has 0 radical (unpaired) electrons. The summed E-state index contributed by atoms with van der Waals surface area (Å²) in [5.74, 6) is -0.166. The lowest BCUT2D eigenvalue weighted by Crippen LogP contribution is -2.25. The standard InChI is InChI=1S/C22H20FN3O/c23-21-15-9-10-24-12-14(15)7-8-19(21)26-22(27)17-11-20(13-5-6-13)25-18-4-2-1-3-16(17)18/h1-4,7-8,11,13,24H,5-6,9-10,12H2,(H,26,27). The molecule has 0 saturated heterocycles. The molecule has 2 N–H and O–H groups in total. The summed E-state index contributed by atoms with van der Waals surface area (Å²) in [5, 5.41) is 6.82. The van der Waals surface area contributed by atoms with E-state index in [0.29, 0.717) is 30.0 Å². The second kappa shape index (κ2) is 6.43. The topological polar surface area (TPSA) is 54.0 Å². The highest BCUT2D eigenvalue weighted by Crippen LogP contribution is 2.40. The van der Waals surface area contributed by atoms with Crippen molar-refractivity contribution in [3.63, 3.8) is 0 Å². The number of halogens is 1. The zero-order chi connectivity index (χ0) is 18.4. The van der Waals surface area contributed by atoms with Crippen molar-refractivity contribution in [2.24, 2.45) is 0 Å². The number of aromatic nitrogens is 1. The maximum atomic E-state index is 14.9. The number of hydrogen-bond donors (Lipinski definition) is 2. The van der Waals surface area contributed by atoms with E-state index in [1.165, 1.54) is 0 Å². The quantitative estimate of drug-likeness (QED) is 0.737. The average Bonchev–Trinajstić information content (AvgIpc) is 3.55. The fourth-order valence-electron chi connectivity index (χ4n) is 3.79. The van der Waals surface area contributed by atoms with Crippen LogP contribution in [0.1, 0.15) is 45.9 Å². The molecule has 4 nitrogen and oxygen atoms in total. The molecule has 0 atom stereocenters. The number of para-hydroxylation sites is 1. The first-order valence-corrected chi connectivity index (χ1v) is 9.43. The van der Waals surface area contributed by atoms with Crippen molar-refractivity contribution in [3.05, 3.63) is 70.7 Å². The minimum absolute atomic E-state index is 0.245. The lowest BCUT2D eigenvalue weighted by Gasteiger charge is -2.19. The molecule has 1 aromatic heterocycles. The summed E-state index contributed by atoms with van der Waals surface area (Å²) in [6, 6.07) is 13.0. The number of rotatable bonds is 3. The van der Waals surface area contributed by atoms with E-state index in [2.05, 4.69) is 10.6 Å². The maximum Gasteiger partial charge on any atom is 0.256 e. The second-order valence-electron chi connectivity index (χ2n) is 7.33. The van der Waals surface area contributed by atoms with E-state index in [9.17, 15) is 9.18 Å². The van der Waals surface area contributed by atoms with E-state index < -0.39 is 0 Å². The van der Waals surface area contributed by atoms with Crippen LogP contribution in [0.25, 0.3) is 10.9 Å². The summed E-state index contributed by atoms with van der Waals surface area (Å²) < 4.78 is 14.9. The van der Waals surface area contributed by atoms with Gasteiger partial charge in [0.15, 0.2) is 0 Å². The van der Waals surface area contributed by atoms with Crippen LogP contribution in [-0.2, 0) is 13.0 Å². The molecule has 1 amide bonds. The van der Waals surface area contributed by atoms with E-state index in [1.807, 2.05) is 36.4 Å². The van der Waals surface area contributed by atoms with Gasteiger partial charge in [-0.15, -0.1) is 0 Å². The van der Waals surface area contributed by atoms with Crippen LogP contribution in [0.4, 0.5) is 10.1 Å². The Labute approximate surface area is 156 Å². The third-order valence-corrected chi connectivity index (χ3v) is 5.43. The van der Waals surface area contributed by atoms with Gasteiger partial charge in [-0.1, -0.05) is 24.3 Å². The van der Waals surface area contributed by atoms with Gasteiger partial charge in [-0.2, -0.15) is 0 Å². The average molecular weight is 361 g/mol. The van der Waals surface area contributed by atoms with Crippen molar-refractivity contribution >= 4 is 22.5 Å². The minimum Gasteiger partial charge on any atom is -0.319 e. The van der Waals surface area contributed by atoms with Crippen LogP contribution in [0.2, 0.25) is 0 Å². The molecule has 5 heteroatoms. The van der Waals surface area contributed by atoms with Gasteiger partial charge in [0, 0.05) is 23.5 Å². The second-order valence-corrected chi connectivity index (χ2v) is 7.33. The summed E-state index contributed by atoms with van der Waals surface area (Å²) in [4.78, 5) is 17.7. The Balaban J connectivity index is 1.53. The SMILES string of the molecule is O=C(Nc1ccc2c(c1F)CCNC2)c1cc(C2CC2)nc2ccccc12. The molecule has 0 unspecified atom stereocenters. The van der Waals surface area contributed by atoms with Crippen LogP contribution >= 0.6 is 0 Å². The monoisotopic (exact) mass is 361 g/mol. The van der Waals surface area contributed by atoms with Crippen molar-refractivity contribution in [1.29, 1.82) is 0 Å². The third kappa shape index (κ3) is 2.98. The smallest absolute Gasteiger partial charge is 0.256 e. The number of hydrogen-bond acceptors (Lipinski definition) is 3. The van der Waals surface area contributed by atoms with Crippen molar-refractivity contribution in [2.45, 2.75) is 31.7 Å². The van der Waals surface area contributed by atoms with Gasteiger partial charge in [0.05, 0.1) is 16.8 Å². The molecule has 136 valence electrons. The van der Waals surface area contributed by atoms with E-state index >= 15 is 0 Å². The highest BCUT2D eigenvalue weighted by Gasteiger charge is 2.27. The molecule has 0 bridgehead atoms. The lowest BCUT2D eigenvalue weighted by molar-refractivity contribution is 0.102. The molecule has 1 aliphatic carbocycles. The largest absolute Gasteiger partial charge is 0.319 e. The number of anilines is 1. The Morgan fingerprint density at radius 3 is 2.89 bits per heavy atom. The number of nitrogens with one attached hydrogen (secondary N) is 2. The molecule has 3 aromatic rings. The lowest BCUT2D eigenvalue weighted by atomic mass is 9.99. The van der Waals surface area contributed by atoms with Crippen molar-refractivity contribution in [1.82, 2.24) is 10.3 Å². The molecule has 0 spiro atoms. The van der Waals surface area contributed by atoms with Crippen molar-refractivity contribution < 1.29 is 9.18 Å². The highest BCUT2D eigenvalue weighted by atomic mass is 19.1. The van der Waals surface area contributed by atoms with Gasteiger partial charge in [0.2, 0.25) is 0 Å². The van der Waals surface area contributed by atoms with Crippen LogP contribution in [-0.4, -0.2) is 17.4 Å². The summed E-state index contributed by atoms with van der Waals surface area (Å²) in [5.41, 5.74) is 4.22. The van der Waals surface area contributed by atoms with Crippen LogP contribution < -0.4 is 10.6 Å². The zero-order valence-corrected chi connectivity index (χ0v) is 14.9. The van der Waals surface area contributed by atoms with Gasteiger partial charge in [-0.3, -0.25) is 9.78 Å². The Bertz CT molecular complexity index is 1060. The van der Waals surface area contributed by atoms with Gasteiger partial charge in [0.1, 0.15) is 5.82 Å². The summed E-state index contributed by atoms with van der Waals surface area (Å²) in [6.45, 7) is 1.42. The van der Waals surface area contributed by atoms with Gasteiger partial charge in [-0.25, -0.2) is 4.39 Å². The van der Waals surface area contributed by atoms with Crippen LogP contribution in [0, 0.1) is 5.82 Å². The number of carbonyl (C=O) groups excluding carboxylic acids is 1. The molecule has 1 aliphatic heterocycles. The Hall–Kier alpha value is -2.79. The van der Waals surface area contributed by atoms with Gasteiger partial charge in [0.25, 0.3) is 5.91 Å². The number of pyridine rings is 1. The fraction of sp³-hybridized carbons (Fsp3) is 0.273. The van der Waals surface area contributed by atoms with E-state index in [4.69, 9.17) is 4.98 Å². The first kappa shape index (κ1) is 16.4. The highest BCUT2D eigenvalue weighted by molar-refractivity contribution is 6.12. The van der Waals surface area contributed by atoms with Crippen LogP contribution in [0.15, 0.2) is 42.5 Å². The molecular weight excluding hydrogens is 341 g/mol. The maximum absolute atomic E-state index is 14.9. The number of nitrogens with zero attached hydrogens (tertiary/aromatic N) is 1. The molecular formula is C22H20FN3O. The fourth-order valence-corrected chi connectivity index (χ4v) is 3.79. The van der Waals surface area contributed by atoms with Crippen LogP contribution in [0.5, 0.6) is 0 Å². The predicted octanol–water partition coefficient (Wildman–Crippen LogP) is 4.15. The first-order valence-electron chi connectivity index (χ1n) is 9.43. The van der Waals surface area contributed by atoms with Gasteiger partial charge >= 0.3 is 0 Å². The first-order chi connectivity index (χ1) is 13.2. The summed E-state index contributed by atoms with van der Waals surface area (Å²) in [7, 11) is 0. The van der Waals surface area contributed by atoms with Gasteiger partial charge in [-0.05, 0) is 55.1 Å². The molecule has 2 aliphatic rings. The molecule has 1 fully saturated rings. The normalized spacial score (nSPS) is 16.2. The molecule has 5 rings (SSSR count). The van der Waals surface area contributed by atoms with Crippen molar-refractivity contribution in [3.8, 4) is 0 Å². The Kier molecular flexibility index (Phi) is 3.90. The van der Waals surface area contributed by atoms with E-state index in [-0.39, 0.29) is 17.4 Å². The number of carbonyl (C=O) groups is 1. The Morgan fingerprint density at radius 2 is 2.04 bits per heavy atom. The predicted molar refractivity (Wildman–Crippen MR) is 103 cm³/mol. The Morgan fingerprint density at radius 1 is 1.19 bits per heavy atom. The molecule has 1 saturated carbocycles. The van der Waals surface area contributed by atoms with E-state index in [1.54, 1.807) is 6.07 Å².